The molecule has 2 aromatic carbocycles. The third-order valence-corrected chi connectivity index (χ3v) is 4.63. The Bertz CT molecular complexity index is 818. The van der Waals surface area contributed by atoms with Gasteiger partial charge in [-0.25, -0.2) is 0 Å². The van der Waals surface area contributed by atoms with E-state index in [-0.39, 0.29) is 13.3 Å². The molecule has 1 aliphatic rings. The maximum Gasteiger partial charge on any atom is 0.313 e. The lowest BCUT2D eigenvalue weighted by Crippen LogP contribution is -2.45. The molecule has 142 valence electrons. The van der Waals surface area contributed by atoms with Gasteiger partial charge in [-0.15, -0.1) is 0 Å². The van der Waals surface area contributed by atoms with Gasteiger partial charge in [0.1, 0.15) is 5.60 Å². The average Bonchev–Trinajstić information content (AvgIpc) is 3.17. The molecule has 7 heteroatoms. The zero-order chi connectivity index (χ0) is 19.3. The van der Waals surface area contributed by atoms with E-state index < -0.39 is 17.4 Å². The molecule has 2 amide bonds. The Morgan fingerprint density at radius 1 is 1.07 bits per heavy atom. The van der Waals surface area contributed by atoms with E-state index in [9.17, 15) is 9.59 Å². The number of amides is 2. The molecule has 0 spiro atoms. The predicted molar refractivity (Wildman–Crippen MR) is 99.6 cm³/mol. The van der Waals surface area contributed by atoms with Gasteiger partial charge < -0.3 is 24.8 Å². The summed E-state index contributed by atoms with van der Waals surface area (Å²) in [6.45, 7) is 2.29. The van der Waals surface area contributed by atoms with Crippen LogP contribution in [0.5, 0.6) is 11.5 Å². The van der Waals surface area contributed by atoms with Gasteiger partial charge in [-0.1, -0.05) is 37.3 Å². The van der Waals surface area contributed by atoms with Crippen molar-refractivity contribution in [2.45, 2.75) is 18.9 Å². The first-order valence-electron chi connectivity index (χ1n) is 8.67. The van der Waals surface area contributed by atoms with E-state index in [0.29, 0.717) is 23.6 Å². The van der Waals surface area contributed by atoms with E-state index in [0.717, 1.165) is 5.56 Å². The number of carbonyl (C=O) groups excluding carboxylic acids is 2. The number of benzene rings is 2. The van der Waals surface area contributed by atoms with Gasteiger partial charge in [-0.05, 0) is 24.1 Å². The molecule has 1 atom stereocenters. The van der Waals surface area contributed by atoms with Crippen molar-refractivity contribution in [2.75, 3.05) is 25.8 Å². The van der Waals surface area contributed by atoms with Crippen molar-refractivity contribution in [3.8, 4) is 11.5 Å². The normalized spacial score (nSPS) is 14.3. The van der Waals surface area contributed by atoms with Crippen molar-refractivity contribution in [2.24, 2.45) is 0 Å². The van der Waals surface area contributed by atoms with Crippen LogP contribution < -0.4 is 20.1 Å². The maximum atomic E-state index is 12.3. The SMILES string of the molecule is CCC(CNC(=O)C(=O)Nc1ccc2c(c1)OCO2)(OC)c1ccccc1. The summed E-state index contributed by atoms with van der Waals surface area (Å²) in [7, 11) is 1.59. The monoisotopic (exact) mass is 370 g/mol. The van der Waals surface area contributed by atoms with Crippen LogP contribution in [0.4, 0.5) is 5.69 Å². The third-order valence-electron chi connectivity index (χ3n) is 4.63. The lowest BCUT2D eigenvalue weighted by molar-refractivity contribution is -0.137. The molecule has 0 saturated carbocycles. The first-order valence-corrected chi connectivity index (χ1v) is 8.67. The minimum atomic E-state index is -0.761. The fourth-order valence-electron chi connectivity index (χ4n) is 2.97. The van der Waals surface area contributed by atoms with Gasteiger partial charge >= 0.3 is 11.8 Å². The second-order valence-corrected chi connectivity index (χ2v) is 6.12. The van der Waals surface area contributed by atoms with Gasteiger partial charge in [0.25, 0.3) is 0 Å². The van der Waals surface area contributed by atoms with Gasteiger partial charge in [0.2, 0.25) is 6.79 Å². The van der Waals surface area contributed by atoms with Gasteiger partial charge in [0.15, 0.2) is 11.5 Å². The molecule has 0 radical (unpaired) electrons. The summed E-state index contributed by atoms with van der Waals surface area (Å²) >= 11 is 0. The smallest absolute Gasteiger partial charge is 0.313 e. The van der Waals surface area contributed by atoms with Crippen molar-refractivity contribution >= 4 is 17.5 Å². The molecule has 1 heterocycles. The zero-order valence-corrected chi connectivity index (χ0v) is 15.3. The number of fused-ring (bicyclic) bond motifs is 1. The first-order chi connectivity index (χ1) is 13.1. The highest BCUT2D eigenvalue weighted by Gasteiger charge is 2.31. The summed E-state index contributed by atoms with van der Waals surface area (Å²) in [5.41, 5.74) is 0.693. The van der Waals surface area contributed by atoms with Gasteiger partial charge in [-0.2, -0.15) is 0 Å². The van der Waals surface area contributed by atoms with E-state index in [1.165, 1.54) is 0 Å². The molecule has 0 bridgehead atoms. The summed E-state index contributed by atoms with van der Waals surface area (Å²) < 4.78 is 16.2. The van der Waals surface area contributed by atoms with Crippen LogP contribution in [0.25, 0.3) is 0 Å². The fourth-order valence-corrected chi connectivity index (χ4v) is 2.97. The minimum Gasteiger partial charge on any atom is -0.454 e. The molecule has 3 rings (SSSR count). The Hall–Kier alpha value is -3.06. The van der Waals surface area contributed by atoms with E-state index in [1.54, 1.807) is 25.3 Å². The number of hydrogen-bond donors (Lipinski definition) is 2. The largest absolute Gasteiger partial charge is 0.454 e. The summed E-state index contributed by atoms with van der Waals surface area (Å²) in [5.74, 6) is -0.365. The summed E-state index contributed by atoms with van der Waals surface area (Å²) in [6, 6.07) is 14.5. The van der Waals surface area contributed by atoms with Crippen LogP contribution in [0.2, 0.25) is 0 Å². The van der Waals surface area contributed by atoms with Crippen LogP contribution in [0.1, 0.15) is 18.9 Å². The van der Waals surface area contributed by atoms with Crippen LogP contribution in [0.15, 0.2) is 48.5 Å². The average molecular weight is 370 g/mol. The number of methoxy groups -OCH3 is 1. The topological polar surface area (TPSA) is 85.9 Å². The molecular formula is C20H22N2O5. The second-order valence-electron chi connectivity index (χ2n) is 6.12. The lowest BCUT2D eigenvalue weighted by Gasteiger charge is -2.32. The molecule has 1 unspecified atom stereocenters. The highest BCUT2D eigenvalue weighted by atomic mass is 16.7. The van der Waals surface area contributed by atoms with E-state index >= 15 is 0 Å². The molecule has 1 aliphatic heterocycles. The maximum absolute atomic E-state index is 12.3. The van der Waals surface area contributed by atoms with Crippen molar-refractivity contribution in [1.82, 2.24) is 5.32 Å². The molecule has 0 aliphatic carbocycles. The molecule has 0 aromatic heterocycles. The van der Waals surface area contributed by atoms with Crippen LogP contribution >= 0.6 is 0 Å². The molecular weight excluding hydrogens is 348 g/mol. The standard InChI is InChI=1S/C20H22N2O5/c1-3-20(25-2,14-7-5-4-6-8-14)12-21-18(23)19(24)22-15-9-10-16-17(11-15)27-13-26-16/h4-11H,3,12-13H2,1-2H3,(H,21,23)(H,22,24). The zero-order valence-electron chi connectivity index (χ0n) is 15.3. The Balaban J connectivity index is 1.63. The van der Waals surface area contributed by atoms with Crippen molar-refractivity contribution < 1.29 is 23.8 Å². The molecule has 0 fully saturated rings. The van der Waals surface area contributed by atoms with E-state index in [2.05, 4.69) is 10.6 Å². The number of ether oxygens (including phenoxy) is 3. The lowest BCUT2D eigenvalue weighted by atomic mass is 9.90. The fraction of sp³-hybridized carbons (Fsp3) is 0.300. The molecule has 0 saturated heterocycles. The quantitative estimate of drug-likeness (QED) is 0.763. The number of anilines is 1. The molecule has 27 heavy (non-hydrogen) atoms. The van der Waals surface area contributed by atoms with Crippen LogP contribution in [-0.2, 0) is 19.9 Å². The molecule has 7 nitrogen and oxygen atoms in total. The van der Waals surface area contributed by atoms with Crippen molar-refractivity contribution in [3.63, 3.8) is 0 Å². The third kappa shape index (κ3) is 4.03. The van der Waals surface area contributed by atoms with Crippen molar-refractivity contribution in [3.05, 3.63) is 54.1 Å². The highest BCUT2D eigenvalue weighted by Crippen LogP contribution is 2.34. The van der Waals surface area contributed by atoms with Crippen LogP contribution in [0, 0.1) is 0 Å². The molecule has 2 aromatic rings. The number of carbonyl (C=O) groups is 2. The first kappa shape index (κ1) is 18.7. The molecule has 2 N–H and O–H groups in total. The minimum absolute atomic E-state index is 0.142. The van der Waals surface area contributed by atoms with E-state index in [1.807, 2.05) is 37.3 Å². The summed E-state index contributed by atoms with van der Waals surface area (Å²) in [4.78, 5) is 24.5. The Kier molecular flexibility index (Phi) is 5.61. The number of nitrogens with one attached hydrogen (secondary N) is 2. The Morgan fingerprint density at radius 2 is 1.81 bits per heavy atom. The predicted octanol–water partition coefficient (Wildman–Crippen LogP) is 2.42. The van der Waals surface area contributed by atoms with Gasteiger partial charge in [0.05, 0.1) is 6.54 Å². The Morgan fingerprint density at radius 3 is 2.52 bits per heavy atom. The summed E-state index contributed by atoms with van der Waals surface area (Å²) in [6.07, 6.45) is 0.636. The van der Waals surface area contributed by atoms with E-state index in [4.69, 9.17) is 14.2 Å². The second kappa shape index (κ2) is 8.09. The van der Waals surface area contributed by atoms with Crippen LogP contribution in [-0.4, -0.2) is 32.3 Å². The summed E-state index contributed by atoms with van der Waals surface area (Å²) in [5, 5.41) is 5.22. The van der Waals surface area contributed by atoms with Crippen molar-refractivity contribution in [1.29, 1.82) is 0 Å². The Labute approximate surface area is 157 Å². The highest BCUT2D eigenvalue weighted by molar-refractivity contribution is 6.39. The number of rotatable bonds is 6. The van der Waals surface area contributed by atoms with Gasteiger partial charge in [0, 0.05) is 18.9 Å². The van der Waals surface area contributed by atoms with Crippen LogP contribution in [0.3, 0.4) is 0 Å². The number of hydrogen-bond acceptors (Lipinski definition) is 5. The van der Waals surface area contributed by atoms with Gasteiger partial charge in [-0.3, -0.25) is 9.59 Å².